The van der Waals surface area contributed by atoms with Gasteiger partial charge in [-0.25, -0.2) is 4.79 Å². The molecule has 8 nitrogen and oxygen atoms in total. The fraction of sp³-hybridized carbons (Fsp3) is 0.750. The zero-order valence-electron chi connectivity index (χ0n) is 17.4. The second kappa shape index (κ2) is 9.80. The highest BCUT2D eigenvalue weighted by Gasteiger charge is 2.33. The van der Waals surface area contributed by atoms with Gasteiger partial charge in [0.1, 0.15) is 0 Å². The topological polar surface area (TPSA) is 83.8 Å². The van der Waals surface area contributed by atoms with Crippen molar-refractivity contribution in [3.05, 3.63) is 18.0 Å². The fourth-order valence-electron chi connectivity index (χ4n) is 3.85. The molecule has 8 heteroatoms. The van der Waals surface area contributed by atoms with E-state index in [1.807, 2.05) is 24.9 Å². The molecule has 2 fully saturated rings. The normalized spacial score (nSPS) is 20.9. The van der Waals surface area contributed by atoms with Crippen molar-refractivity contribution in [2.45, 2.75) is 45.6 Å². The lowest BCUT2D eigenvalue weighted by Crippen LogP contribution is -2.43. The monoisotopic (exact) mass is 390 g/mol. The van der Waals surface area contributed by atoms with E-state index in [2.05, 4.69) is 33.8 Å². The molecule has 3 rings (SSSR count). The van der Waals surface area contributed by atoms with Crippen LogP contribution in [-0.2, 0) is 18.2 Å². The quantitative estimate of drug-likeness (QED) is 0.522. The van der Waals surface area contributed by atoms with E-state index in [1.54, 1.807) is 0 Å². The minimum Gasteiger partial charge on any atom is -0.450 e. The summed E-state index contributed by atoms with van der Waals surface area (Å²) in [5, 5.41) is 10.7. The number of hydrogen-bond acceptors (Lipinski definition) is 4. The number of hydrogen-bond donors (Lipinski definition) is 2. The molecule has 156 valence electrons. The molecule has 2 N–H and O–H groups in total. The van der Waals surface area contributed by atoms with Crippen LogP contribution in [0.5, 0.6) is 0 Å². The number of likely N-dealkylation sites (tertiary alicyclic amines) is 1. The Morgan fingerprint density at radius 1 is 1.39 bits per heavy atom. The number of aromatic nitrogens is 2. The molecule has 1 aromatic heterocycles. The average molecular weight is 391 g/mol. The third-order valence-corrected chi connectivity index (χ3v) is 5.41. The number of rotatable bonds is 8. The Balaban J connectivity index is 1.56. The van der Waals surface area contributed by atoms with Crippen LogP contribution in [-0.4, -0.2) is 65.6 Å². The van der Waals surface area contributed by atoms with E-state index < -0.39 is 0 Å². The highest BCUT2D eigenvalue weighted by molar-refractivity contribution is 5.80. The Kier molecular flexibility index (Phi) is 7.17. The maximum atomic E-state index is 11.8. The molecule has 0 radical (unpaired) electrons. The molecule has 1 aliphatic heterocycles. The number of aliphatic imine (C=N–C) groups is 1. The summed E-state index contributed by atoms with van der Waals surface area (Å²) < 4.78 is 6.91. The van der Waals surface area contributed by atoms with Crippen molar-refractivity contribution in [1.29, 1.82) is 0 Å². The molecule has 1 saturated heterocycles. The van der Waals surface area contributed by atoms with Gasteiger partial charge in [0.15, 0.2) is 5.96 Å². The van der Waals surface area contributed by atoms with Gasteiger partial charge in [-0.05, 0) is 56.9 Å². The van der Waals surface area contributed by atoms with Crippen LogP contribution in [0.15, 0.2) is 17.4 Å². The first-order valence-electron chi connectivity index (χ1n) is 10.5. The molecule has 1 aromatic rings. The van der Waals surface area contributed by atoms with Gasteiger partial charge in [-0.2, -0.15) is 5.10 Å². The fourth-order valence-corrected chi connectivity index (χ4v) is 3.85. The lowest BCUT2D eigenvalue weighted by atomic mass is 10.0. The number of alkyl carbamates (subject to hydrolysis) is 1. The van der Waals surface area contributed by atoms with Crippen LogP contribution >= 0.6 is 0 Å². The van der Waals surface area contributed by atoms with Gasteiger partial charge in [0.05, 0.1) is 25.4 Å². The smallest absolute Gasteiger partial charge is 0.407 e. The predicted molar refractivity (Wildman–Crippen MR) is 109 cm³/mol. The number of ether oxygens (including phenoxy) is 1. The van der Waals surface area contributed by atoms with Crippen LogP contribution in [0.4, 0.5) is 4.79 Å². The van der Waals surface area contributed by atoms with Crippen molar-refractivity contribution in [3.8, 4) is 0 Å². The van der Waals surface area contributed by atoms with Crippen molar-refractivity contribution in [1.82, 2.24) is 25.3 Å². The highest BCUT2D eigenvalue weighted by Crippen LogP contribution is 2.33. The van der Waals surface area contributed by atoms with E-state index in [1.165, 1.54) is 5.56 Å². The van der Waals surface area contributed by atoms with Gasteiger partial charge in [0.25, 0.3) is 0 Å². The van der Waals surface area contributed by atoms with Gasteiger partial charge in [0.2, 0.25) is 0 Å². The molecule has 2 aliphatic rings. The molecule has 0 bridgehead atoms. The van der Waals surface area contributed by atoms with E-state index in [4.69, 9.17) is 9.73 Å². The van der Waals surface area contributed by atoms with Gasteiger partial charge in [-0.1, -0.05) is 0 Å². The van der Waals surface area contributed by atoms with Crippen molar-refractivity contribution in [2.24, 2.45) is 23.9 Å². The number of nitrogens with zero attached hydrogens (tertiary/aromatic N) is 4. The maximum absolute atomic E-state index is 11.8. The first-order valence-corrected chi connectivity index (χ1v) is 10.5. The number of aryl methyl sites for hydroxylation is 1. The summed E-state index contributed by atoms with van der Waals surface area (Å²) in [5.41, 5.74) is 1.30. The summed E-state index contributed by atoms with van der Waals surface area (Å²) in [4.78, 5) is 19.0. The Bertz CT molecular complexity index is 669. The number of carbonyl (C=O) groups excluding carboxylic acids is 1. The van der Waals surface area contributed by atoms with Gasteiger partial charge in [-0.3, -0.25) is 9.67 Å². The van der Waals surface area contributed by atoms with Crippen molar-refractivity contribution >= 4 is 12.1 Å². The van der Waals surface area contributed by atoms with Gasteiger partial charge in [-0.15, -0.1) is 0 Å². The second-order valence-corrected chi connectivity index (χ2v) is 7.83. The SMILES string of the molecule is CCNC(=NCC(NC(=O)OCC)C1CC1)N1CCC(Cc2cnn(C)c2)C1. The Morgan fingerprint density at radius 3 is 2.86 bits per heavy atom. The molecule has 1 aliphatic carbocycles. The van der Waals surface area contributed by atoms with Crippen molar-refractivity contribution in [3.63, 3.8) is 0 Å². The molecular formula is C20H34N6O2. The standard InChI is InChI=1S/C20H34N6O2/c1-4-21-19(22-12-18(17-6-7-17)24-20(27)28-5-2)26-9-8-15(14-26)10-16-11-23-25(3)13-16/h11,13,15,17-18H,4-10,12,14H2,1-3H3,(H,21,22)(H,24,27). The first kappa shape index (κ1) is 20.5. The lowest BCUT2D eigenvalue weighted by molar-refractivity contribution is 0.147. The molecule has 28 heavy (non-hydrogen) atoms. The lowest BCUT2D eigenvalue weighted by Gasteiger charge is -2.23. The molecule has 2 atom stereocenters. The molecule has 0 spiro atoms. The van der Waals surface area contributed by atoms with E-state index in [0.717, 1.165) is 51.3 Å². The van der Waals surface area contributed by atoms with E-state index in [-0.39, 0.29) is 12.1 Å². The van der Waals surface area contributed by atoms with Crippen LogP contribution in [0.1, 0.15) is 38.7 Å². The van der Waals surface area contributed by atoms with Crippen LogP contribution in [0.2, 0.25) is 0 Å². The molecule has 0 aromatic carbocycles. The highest BCUT2D eigenvalue weighted by atomic mass is 16.5. The molecule has 1 saturated carbocycles. The second-order valence-electron chi connectivity index (χ2n) is 7.83. The zero-order valence-corrected chi connectivity index (χ0v) is 17.4. The summed E-state index contributed by atoms with van der Waals surface area (Å²) >= 11 is 0. The van der Waals surface area contributed by atoms with Crippen LogP contribution in [0.25, 0.3) is 0 Å². The Hall–Kier alpha value is -2.25. The number of guanidine groups is 1. The van der Waals surface area contributed by atoms with E-state index in [9.17, 15) is 4.79 Å². The van der Waals surface area contributed by atoms with Gasteiger partial charge in [0, 0.05) is 32.9 Å². The molecular weight excluding hydrogens is 356 g/mol. The largest absolute Gasteiger partial charge is 0.450 e. The maximum Gasteiger partial charge on any atom is 0.407 e. The third-order valence-electron chi connectivity index (χ3n) is 5.41. The number of carbonyl (C=O) groups is 1. The first-order chi connectivity index (χ1) is 13.6. The minimum absolute atomic E-state index is 0.0569. The summed E-state index contributed by atoms with van der Waals surface area (Å²) in [6, 6.07) is 0.0569. The summed E-state index contributed by atoms with van der Waals surface area (Å²) in [6.45, 7) is 7.74. The van der Waals surface area contributed by atoms with Crippen molar-refractivity contribution < 1.29 is 9.53 Å². The molecule has 1 amide bonds. The third kappa shape index (κ3) is 5.87. The average Bonchev–Trinajstić information content (AvgIpc) is 3.28. The number of nitrogens with one attached hydrogen (secondary N) is 2. The van der Waals surface area contributed by atoms with Crippen LogP contribution < -0.4 is 10.6 Å². The van der Waals surface area contributed by atoms with Gasteiger partial charge >= 0.3 is 6.09 Å². The van der Waals surface area contributed by atoms with Crippen LogP contribution in [0.3, 0.4) is 0 Å². The Labute approximate surface area is 167 Å². The molecule has 2 unspecified atom stereocenters. The predicted octanol–water partition coefficient (Wildman–Crippen LogP) is 1.77. The summed E-state index contributed by atoms with van der Waals surface area (Å²) in [5.74, 6) is 2.09. The zero-order chi connectivity index (χ0) is 19.9. The van der Waals surface area contributed by atoms with E-state index in [0.29, 0.717) is 25.0 Å². The summed E-state index contributed by atoms with van der Waals surface area (Å²) in [6.07, 6.45) is 8.25. The van der Waals surface area contributed by atoms with Gasteiger partial charge < -0.3 is 20.3 Å². The molecule has 2 heterocycles. The van der Waals surface area contributed by atoms with E-state index >= 15 is 0 Å². The van der Waals surface area contributed by atoms with Crippen LogP contribution in [0, 0.1) is 11.8 Å². The number of amides is 1. The Morgan fingerprint density at radius 2 is 2.21 bits per heavy atom. The minimum atomic E-state index is -0.336. The van der Waals surface area contributed by atoms with Crippen molar-refractivity contribution in [2.75, 3.05) is 32.8 Å². The summed E-state index contributed by atoms with van der Waals surface area (Å²) in [7, 11) is 1.96.